The van der Waals surface area contributed by atoms with E-state index in [1.54, 1.807) is 19.9 Å². The number of benzene rings is 1. The fraction of sp³-hybridized carbons (Fsp3) is 0.316. The van der Waals surface area contributed by atoms with Gasteiger partial charge >= 0.3 is 5.97 Å². The molecule has 1 aromatic carbocycles. The van der Waals surface area contributed by atoms with Gasteiger partial charge in [0.25, 0.3) is 5.91 Å². The Morgan fingerprint density at radius 3 is 2.32 bits per heavy atom. The fourth-order valence-corrected chi connectivity index (χ4v) is 2.70. The molecule has 6 nitrogen and oxygen atoms in total. The average Bonchev–Trinajstić information content (AvgIpc) is 2.84. The second-order valence-electron chi connectivity index (χ2n) is 6.03. The van der Waals surface area contributed by atoms with Gasteiger partial charge in [-0.15, -0.1) is 0 Å². The van der Waals surface area contributed by atoms with Gasteiger partial charge in [-0.05, 0) is 51.8 Å². The molecule has 0 fully saturated rings. The fourth-order valence-electron chi connectivity index (χ4n) is 2.70. The third kappa shape index (κ3) is 3.96. The lowest BCUT2D eigenvalue weighted by Crippen LogP contribution is -2.30. The van der Waals surface area contributed by atoms with Gasteiger partial charge in [-0.1, -0.05) is 18.2 Å². The Labute approximate surface area is 146 Å². The zero-order valence-electron chi connectivity index (χ0n) is 15.0. The number of ether oxygens (including phenoxy) is 1. The number of carbonyl (C=O) groups excluding carboxylic acids is 3. The number of ketones is 1. The van der Waals surface area contributed by atoms with E-state index in [0.29, 0.717) is 22.5 Å². The van der Waals surface area contributed by atoms with Gasteiger partial charge < -0.3 is 15.0 Å². The highest BCUT2D eigenvalue weighted by molar-refractivity contribution is 6.02. The Morgan fingerprint density at radius 1 is 1.12 bits per heavy atom. The van der Waals surface area contributed by atoms with Crippen LogP contribution in [0.15, 0.2) is 24.3 Å². The number of aromatic amines is 1. The number of aryl methyl sites for hydroxylation is 2. The molecule has 2 aromatic rings. The summed E-state index contributed by atoms with van der Waals surface area (Å²) in [5.74, 6) is -1.22. The van der Waals surface area contributed by atoms with Crippen LogP contribution in [0.5, 0.6) is 0 Å². The van der Waals surface area contributed by atoms with Crippen LogP contribution in [0.2, 0.25) is 0 Å². The Bertz CT molecular complexity index is 836. The molecule has 0 aliphatic heterocycles. The van der Waals surface area contributed by atoms with E-state index < -0.39 is 18.0 Å². The lowest BCUT2D eigenvalue weighted by Gasteiger charge is -2.14. The van der Waals surface area contributed by atoms with Gasteiger partial charge in [0, 0.05) is 16.9 Å². The van der Waals surface area contributed by atoms with E-state index in [1.165, 1.54) is 13.8 Å². The van der Waals surface area contributed by atoms with E-state index in [0.717, 1.165) is 5.56 Å². The lowest BCUT2D eigenvalue weighted by atomic mass is 10.1. The van der Waals surface area contributed by atoms with Crippen molar-refractivity contribution in [2.75, 3.05) is 5.32 Å². The molecule has 1 atom stereocenters. The number of esters is 1. The van der Waals surface area contributed by atoms with Gasteiger partial charge in [0.2, 0.25) is 0 Å². The monoisotopic (exact) mass is 342 g/mol. The maximum absolute atomic E-state index is 12.3. The predicted octanol–water partition coefficient (Wildman–Crippen LogP) is 3.33. The summed E-state index contributed by atoms with van der Waals surface area (Å²) >= 11 is 0. The van der Waals surface area contributed by atoms with Crippen molar-refractivity contribution in [3.05, 3.63) is 52.3 Å². The molecule has 132 valence electrons. The molecule has 2 N–H and O–H groups in total. The van der Waals surface area contributed by atoms with Gasteiger partial charge in [0.05, 0.1) is 0 Å². The molecular weight excluding hydrogens is 320 g/mol. The number of hydrogen-bond donors (Lipinski definition) is 2. The molecule has 1 unspecified atom stereocenters. The van der Waals surface area contributed by atoms with Gasteiger partial charge in [-0.25, -0.2) is 4.79 Å². The SMILES string of the molecule is CC(=O)c1c(C)[nH]c(C(=O)OC(C)C(=O)Nc2ccccc2C)c1C. The van der Waals surface area contributed by atoms with Crippen LogP contribution < -0.4 is 5.32 Å². The first kappa shape index (κ1) is 18.4. The highest BCUT2D eigenvalue weighted by Gasteiger charge is 2.24. The summed E-state index contributed by atoms with van der Waals surface area (Å²) in [5.41, 5.74) is 3.38. The van der Waals surface area contributed by atoms with Crippen LogP contribution >= 0.6 is 0 Å². The molecule has 0 radical (unpaired) electrons. The largest absolute Gasteiger partial charge is 0.448 e. The second-order valence-corrected chi connectivity index (χ2v) is 6.03. The molecule has 25 heavy (non-hydrogen) atoms. The van der Waals surface area contributed by atoms with E-state index in [1.807, 2.05) is 25.1 Å². The molecule has 0 aliphatic carbocycles. The molecule has 0 saturated heterocycles. The summed E-state index contributed by atoms with van der Waals surface area (Å²) in [6.45, 7) is 8.21. The average molecular weight is 342 g/mol. The molecule has 1 amide bonds. The molecular formula is C19H22N2O4. The van der Waals surface area contributed by atoms with Crippen LogP contribution in [-0.2, 0) is 9.53 Å². The Balaban J connectivity index is 2.10. The molecule has 6 heteroatoms. The van der Waals surface area contributed by atoms with E-state index in [-0.39, 0.29) is 11.5 Å². The third-order valence-corrected chi connectivity index (χ3v) is 4.05. The van der Waals surface area contributed by atoms with Crippen molar-refractivity contribution in [3.63, 3.8) is 0 Å². The van der Waals surface area contributed by atoms with Crippen LogP contribution in [0.1, 0.15) is 51.5 Å². The maximum Gasteiger partial charge on any atom is 0.355 e. The Morgan fingerprint density at radius 2 is 1.76 bits per heavy atom. The zero-order valence-corrected chi connectivity index (χ0v) is 15.0. The van der Waals surface area contributed by atoms with Gasteiger partial charge in [0.15, 0.2) is 11.9 Å². The first-order valence-corrected chi connectivity index (χ1v) is 8.00. The van der Waals surface area contributed by atoms with Crippen molar-refractivity contribution in [2.24, 2.45) is 0 Å². The first-order chi connectivity index (χ1) is 11.7. The first-order valence-electron chi connectivity index (χ1n) is 8.00. The number of Topliss-reactive ketones (excluding diaryl/α,β-unsaturated/α-hetero) is 1. The lowest BCUT2D eigenvalue weighted by molar-refractivity contribution is -0.123. The van der Waals surface area contributed by atoms with Crippen molar-refractivity contribution < 1.29 is 19.1 Å². The second kappa shape index (κ2) is 7.34. The highest BCUT2D eigenvalue weighted by Crippen LogP contribution is 2.20. The van der Waals surface area contributed by atoms with Crippen LogP contribution in [0.3, 0.4) is 0 Å². The molecule has 0 spiro atoms. The molecule has 1 aromatic heterocycles. The van der Waals surface area contributed by atoms with Gasteiger partial charge in [-0.2, -0.15) is 0 Å². The number of anilines is 1. The number of amides is 1. The predicted molar refractivity (Wildman–Crippen MR) is 95.0 cm³/mol. The van der Waals surface area contributed by atoms with E-state index in [2.05, 4.69) is 10.3 Å². The summed E-state index contributed by atoms with van der Waals surface area (Å²) in [4.78, 5) is 39.1. The number of carbonyl (C=O) groups is 3. The third-order valence-electron chi connectivity index (χ3n) is 4.05. The van der Waals surface area contributed by atoms with E-state index in [4.69, 9.17) is 4.74 Å². The van der Waals surface area contributed by atoms with E-state index in [9.17, 15) is 14.4 Å². The summed E-state index contributed by atoms with van der Waals surface area (Å²) in [6, 6.07) is 7.34. The molecule has 0 bridgehead atoms. The number of para-hydroxylation sites is 1. The number of H-pyrrole nitrogens is 1. The van der Waals surface area contributed by atoms with Crippen molar-refractivity contribution >= 4 is 23.3 Å². The maximum atomic E-state index is 12.3. The number of nitrogens with one attached hydrogen (secondary N) is 2. The number of hydrogen-bond acceptors (Lipinski definition) is 4. The van der Waals surface area contributed by atoms with Crippen LogP contribution in [0.4, 0.5) is 5.69 Å². The summed E-state index contributed by atoms with van der Waals surface area (Å²) in [7, 11) is 0. The molecule has 0 saturated carbocycles. The minimum absolute atomic E-state index is 0.129. The van der Waals surface area contributed by atoms with Crippen molar-refractivity contribution in [3.8, 4) is 0 Å². The Kier molecular flexibility index (Phi) is 5.41. The van der Waals surface area contributed by atoms with Gasteiger partial charge in [0.1, 0.15) is 5.69 Å². The minimum atomic E-state index is -0.976. The minimum Gasteiger partial charge on any atom is -0.448 e. The van der Waals surface area contributed by atoms with Crippen molar-refractivity contribution in [1.29, 1.82) is 0 Å². The highest BCUT2D eigenvalue weighted by atomic mass is 16.5. The van der Waals surface area contributed by atoms with Crippen LogP contribution in [-0.4, -0.2) is 28.7 Å². The van der Waals surface area contributed by atoms with Gasteiger partial charge in [-0.3, -0.25) is 9.59 Å². The number of aromatic nitrogens is 1. The van der Waals surface area contributed by atoms with Crippen LogP contribution in [0, 0.1) is 20.8 Å². The number of rotatable bonds is 5. The zero-order chi connectivity index (χ0) is 18.7. The molecule has 1 heterocycles. The van der Waals surface area contributed by atoms with E-state index >= 15 is 0 Å². The summed E-state index contributed by atoms with van der Waals surface area (Å²) in [5, 5.41) is 2.74. The quantitative estimate of drug-likeness (QED) is 0.644. The standard InChI is InChI=1S/C19H22N2O4/c1-10-8-6-7-9-15(10)21-18(23)14(5)25-19(24)17-11(2)16(13(4)22)12(3)20-17/h6-9,14,20H,1-5H3,(H,21,23). The van der Waals surface area contributed by atoms with Crippen molar-refractivity contribution in [1.82, 2.24) is 4.98 Å². The molecule has 2 rings (SSSR count). The topological polar surface area (TPSA) is 88.3 Å². The summed E-state index contributed by atoms with van der Waals surface area (Å²) < 4.78 is 5.25. The summed E-state index contributed by atoms with van der Waals surface area (Å²) in [6.07, 6.45) is -0.976. The van der Waals surface area contributed by atoms with Crippen LogP contribution in [0.25, 0.3) is 0 Å². The Hall–Kier alpha value is -2.89. The van der Waals surface area contributed by atoms with Crippen molar-refractivity contribution in [2.45, 2.75) is 40.7 Å². The normalized spacial score (nSPS) is 11.7. The molecule has 0 aliphatic rings. The smallest absolute Gasteiger partial charge is 0.355 e.